The standard InChI is InChI=1S/C15H17F3N2O2/c1-14-7-10(15(16,17)18)4-5-11(14)13(22)9(8-20(2)3)6-12(21)19-14/h4-5,7-8,11H,6H2,1-3H3,(H,19,21)/b9-8-. The monoisotopic (exact) mass is 314 g/mol. The molecule has 1 aliphatic carbocycles. The van der Waals surface area contributed by atoms with Crippen LogP contribution in [0.2, 0.25) is 0 Å². The summed E-state index contributed by atoms with van der Waals surface area (Å²) >= 11 is 0. The first-order chi connectivity index (χ1) is 10.0. The fraction of sp³-hybridized carbons (Fsp3) is 0.467. The number of alkyl halides is 3. The highest BCUT2D eigenvalue weighted by atomic mass is 19.4. The van der Waals surface area contributed by atoms with E-state index in [9.17, 15) is 22.8 Å². The van der Waals surface area contributed by atoms with E-state index in [1.54, 1.807) is 19.0 Å². The third-order valence-electron chi connectivity index (χ3n) is 3.67. The molecule has 0 aromatic rings. The third-order valence-corrected chi connectivity index (χ3v) is 3.67. The minimum Gasteiger partial charge on any atom is -0.383 e. The van der Waals surface area contributed by atoms with Gasteiger partial charge in [-0.3, -0.25) is 9.59 Å². The van der Waals surface area contributed by atoms with Crippen molar-refractivity contribution in [1.82, 2.24) is 10.2 Å². The number of halogens is 3. The van der Waals surface area contributed by atoms with Gasteiger partial charge in [0.05, 0.1) is 23.5 Å². The highest BCUT2D eigenvalue weighted by Gasteiger charge is 2.46. The molecule has 0 bridgehead atoms. The minimum atomic E-state index is -4.52. The molecule has 0 aromatic carbocycles. The van der Waals surface area contributed by atoms with Crippen LogP contribution in [0.3, 0.4) is 0 Å². The lowest BCUT2D eigenvalue weighted by atomic mass is 9.76. The van der Waals surface area contributed by atoms with Crippen molar-refractivity contribution in [3.63, 3.8) is 0 Å². The molecule has 1 amide bonds. The van der Waals surface area contributed by atoms with Crippen LogP contribution in [-0.2, 0) is 9.59 Å². The second kappa shape index (κ2) is 5.30. The zero-order chi connectivity index (χ0) is 16.7. The van der Waals surface area contributed by atoms with E-state index in [0.29, 0.717) is 0 Å². The van der Waals surface area contributed by atoms with Gasteiger partial charge in [-0.25, -0.2) is 0 Å². The summed E-state index contributed by atoms with van der Waals surface area (Å²) in [5.74, 6) is -1.67. The van der Waals surface area contributed by atoms with Crippen molar-refractivity contribution >= 4 is 11.7 Å². The van der Waals surface area contributed by atoms with Crippen LogP contribution in [0.4, 0.5) is 13.2 Å². The number of carbonyl (C=O) groups excluding carboxylic acids is 2. The van der Waals surface area contributed by atoms with Crippen LogP contribution < -0.4 is 5.32 Å². The summed E-state index contributed by atoms with van der Waals surface area (Å²) in [6.45, 7) is 1.43. The highest BCUT2D eigenvalue weighted by Crippen LogP contribution is 2.38. The van der Waals surface area contributed by atoms with E-state index in [1.165, 1.54) is 19.2 Å². The van der Waals surface area contributed by atoms with E-state index in [0.717, 1.165) is 12.2 Å². The Morgan fingerprint density at radius 2 is 2.00 bits per heavy atom. The maximum absolute atomic E-state index is 12.9. The number of allylic oxidation sites excluding steroid dienone is 2. The lowest BCUT2D eigenvalue weighted by Gasteiger charge is -2.35. The maximum Gasteiger partial charge on any atom is 0.416 e. The summed E-state index contributed by atoms with van der Waals surface area (Å²) in [5, 5.41) is 2.55. The Balaban J connectivity index is 2.47. The number of rotatable bonds is 1. The van der Waals surface area contributed by atoms with Gasteiger partial charge in [0.25, 0.3) is 0 Å². The Kier molecular flexibility index (Phi) is 3.93. The molecular weight excluding hydrogens is 297 g/mol. The number of nitrogens with one attached hydrogen (secondary N) is 1. The number of nitrogens with zero attached hydrogens (tertiary/aromatic N) is 1. The Hall–Kier alpha value is -2.05. The SMILES string of the molecule is CN(C)/C=C1/CC(=O)NC2(C)C=C(C(F)(F)F)C=CC2C1=O. The number of amides is 1. The van der Waals surface area contributed by atoms with E-state index in [1.807, 2.05) is 0 Å². The first-order valence-corrected chi connectivity index (χ1v) is 6.73. The van der Waals surface area contributed by atoms with Gasteiger partial charge in [-0.15, -0.1) is 0 Å². The van der Waals surface area contributed by atoms with Gasteiger partial charge in [-0.2, -0.15) is 13.2 Å². The topological polar surface area (TPSA) is 49.4 Å². The van der Waals surface area contributed by atoms with Crippen molar-refractivity contribution in [2.24, 2.45) is 5.92 Å². The number of fused-ring (bicyclic) bond motifs is 1. The molecule has 0 saturated carbocycles. The molecule has 2 unspecified atom stereocenters. The summed E-state index contributed by atoms with van der Waals surface area (Å²) in [7, 11) is 3.42. The van der Waals surface area contributed by atoms with Crippen LogP contribution in [0.25, 0.3) is 0 Å². The number of ketones is 1. The Bertz CT molecular complexity index is 602. The van der Waals surface area contributed by atoms with Crippen LogP contribution in [0.15, 0.2) is 35.6 Å². The first kappa shape index (κ1) is 16.3. The molecule has 4 nitrogen and oxygen atoms in total. The van der Waals surface area contributed by atoms with Crippen molar-refractivity contribution in [3.05, 3.63) is 35.6 Å². The highest BCUT2D eigenvalue weighted by molar-refractivity contribution is 6.05. The summed E-state index contributed by atoms with van der Waals surface area (Å²) < 4.78 is 38.6. The summed E-state index contributed by atoms with van der Waals surface area (Å²) in [5.41, 5.74) is -1.96. The van der Waals surface area contributed by atoms with Crippen molar-refractivity contribution in [1.29, 1.82) is 0 Å². The average molecular weight is 314 g/mol. The molecule has 22 heavy (non-hydrogen) atoms. The quantitative estimate of drug-likeness (QED) is 0.753. The predicted octanol–water partition coefficient (Wildman–Crippen LogP) is 1.95. The molecule has 0 aromatic heterocycles. The van der Waals surface area contributed by atoms with Crippen LogP contribution >= 0.6 is 0 Å². The Labute approximate surface area is 126 Å². The molecule has 1 N–H and O–H groups in total. The second-order valence-corrected chi connectivity index (χ2v) is 5.92. The minimum absolute atomic E-state index is 0.147. The molecule has 2 rings (SSSR count). The van der Waals surface area contributed by atoms with E-state index in [2.05, 4.69) is 5.32 Å². The third kappa shape index (κ3) is 3.08. The molecule has 1 heterocycles. The van der Waals surface area contributed by atoms with Crippen molar-refractivity contribution in [2.45, 2.75) is 25.1 Å². The number of hydrogen-bond donors (Lipinski definition) is 1. The largest absolute Gasteiger partial charge is 0.416 e. The molecule has 1 aliphatic heterocycles. The first-order valence-electron chi connectivity index (χ1n) is 6.73. The van der Waals surface area contributed by atoms with Crippen molar-refractivity contribution in [3.8, 4) is 0 Å². The molecule has 1 saturated heterocycles. The number of hydrogen-bond acceptors (Lipinski definition) is 3. The molecule has 1 fully saturated rings. The average Bonchev–Trinajstić information content (AvgIpc) is 2.42. The lowest BCUT2D eigenvalue weighted by Crippen LogP contribution is -2.51. The summed E-state index contributed by atoms with van der Waals surface area (Å²) in [6.07, 6.45) is -0.0924. The van der Waals surface area contributed by atoms with E-state index < -0.39 is 29.1 Å². The molecule has 120 valence electrons. The van der Waals surface area contributed by atoms with E-state index in [-0.39, 0.29) is 17.8 Å². The zero-order valence-electron chi connectivity index (χ0n) is 12.5. The molecule has 2 atom stereocenters. The van der Waals surface area contributed by atoms with Gasteiger partial charge in [-0.05, 0) is 13.0 Å². The van der Waals surface area contributed by atoms with Gasteiger partial charge in [0.2, 0.25) is 5.91 Å². The Morgan fingerprint density at radius 1 is 1.36 bits per heavy atom. The fourth-order valence-electron chi connectivity index (χ4n) is 2.74. The maximum atomic E-state index is 12.9. The van der Waals surface area contributed by atoms with E-state index in [4.69, 9.17) is 0 Å². The normalized spacial score (nSPS) is 30.5. The smallest absolute Gasteiger partial charge is 0.383 e. The lowest BCUT2D eigenvalue weighted by molar-refractivity contribution is -0.121. The van der Waals surface area contributed by atoms with E-state index >= 15 is 0 Å². The molecule has 0 radical (unpaired) electrons. The van der Waals surface area contributed by atoms with Crippen LogP contribution in [0.1, 0.15) is 13.3 Å². The van der Waals surface area contributed by atoms with Crippen molar-refractivity contribution < 1.29 is 22.8 Å². The second-order valence-electron chi connectivity index (χ2n) is 5.92. The van der Waals surface area contributed by atoms with Crippen LogP contribution in [0, 0.1) is 5.92 Å². The van der Waals surface area contributed by atoms with Gasteiger partial charge in [0.1, 0.15) is 0 Å². The zero-order valence-corrected chi connectivity index (χ0v) is 12.5. The summed E-state index contributed by atoms with van der Waals surface area (Å²) in [4.78, 5) is 26.2. The fourth-order valence-corrected chi connectivity index (χ4v) is 2.74. The van der Waals surface area contributed by atoms with Gasteiger partial charge in [0.15, 0.2) is 5.78 Å². The molecule has 0 spiro atoms. The van der Waals surface area contributed by atoms with Gasteiger partial charge >= 0.3 is 6.18 Å². The van der Waals surface area contributed by atoms with Crippen LogP contribution in [0.5, 0.6) is 0 Å². The van der Waals surface area contributed by atoms with Gasteiger partial charge in [0, 0.05) is 25.9 Å². The van der Waals surface area contributed by atoms with Crippen molar-refractivity contribution in [2.75, 3.05) is 14.1 Å². The van der Waals surface area contributed by atoms with Crippen LogP contribution in [-0.4, -0.2) is 42.4 Å². The van der Waals surface area contributed by atoms with Gasteiger partial charge in [-0.1, -0.05) is 12.2 Å². The molecule has 2 aliphatic rings. The molecular formula is C15H17F3N2O2. The number of carbonyl (C=O) groups is 2. The Morgan fingerprint density at radius 3 is 2.55 bits per heavy atom. The number of Topliss-reactive ketones (excluding diaryl/α,β-unsaturated/α-hetero) is 1. The molecule has 7 heteroatoms. The predicted molar refractivity (Wildman–Crippen MR) is 74.7 cm³/mol. The summed E-state index contributed by atoms with van der Waals surface area (Å²) in [6, 6.07) is 0. The van der Waals surface area contributed by atoms with Gasteiger partial charge < -0.3 is 10.2 Å².